The molecule has 0 radical (unpaired) electrons. The van der Waals surface area contributed by atoms with Crippen LogP contribution in [0.25, 0.3) is 0 Å². The maximum Gasteiger partial charge on any atom is 0.231 e. The SMILES string of the molecule is COCC1Cc2cc3c(c(OC)c2C(c2ccc(C)c(OC)c2)C1COC)OCO3. The number of hydrogen-bond acceptors (Lipinski definition) is 6. The van der Waals surface area contributed by atoms with E-state index in [1.54, 1.807) is 28.4 Å². The van der Waals surface area contributed by atoms with Crippen molar-refractivity contribution in [3.8, 4) is 23.0 Å². The molecule has 0 bridgehead atoms. The highest BCUT2D eigenvalue weighted by molar-refractivity contribution is 5.64. The minimum absolute atomic E-state index is 0.0489. The van der Waals surface area contributed by atoms with Crippen molar-refractivity contribution in [2.75, 3.05) is 48.4 Å². The van der Waals surface area contributed by atoms with Gasteiger partial charge in [0.2, 0.25) is 12.5 Å². The summed E-state index contributed by atoms with van der Waals surface area (Å²) < 4.78 is 34.3. The summed E-state index contributed by atoms with van der Waals surface area (Å²) in [6.07, 6.45) is 0.865. The lowest BCUT2D eigenvalue weighted by Crippen LogP contribution is -2.36. The highest BCUT2D eigenvalue weighted by atomic mass is 16.7. The Balaban J connectivity index is 1.94. The van der Waals surface area contributed by atoms with Gasteiger partial charge < -0.3 is 28.4 Å². The van der Waals surface area contributed by atoms with Crippen molar-refractivity contribution in [2.45, 2.75) is 19.3 Å². The van der Waals surface area contributed by atoms with Crippen molar-refractivity contribution in [3.63, 3.8) is 0 Å². The van der Waals surface area contributed by atoms with Crippen molar-refractivity contribution in [2.24, 2.45) is 11.8 Å². The number of methoxy groups -OCH3 is 4. The lowest BCUT2D eigenvalue weighted by molar-refractivity contribution is 0.0560. The monoisotopic (exact) mass is 414 g/mol. The molecular formula is C24H30O6. The molecule has 0 spiro atoms. The molecule has 2 aliphatic rings. The summed E-state index contributed by atoms with van der Waals surface area (Å²) in [5, 5.41) is 0. The summed E-state index contributed by atoms with van der Waals surface area (Å²) in [5.74, 6) is 3.61. The van der Waals surface area contributed by atoms with Gasteiger partial charge in [0.15, 0.2) is 11.5 Å². The van der Waals surface area contributed by atoms with Gasteiger partial charge >= 0.3 is 0 Å². The van der Waals surface area contributed by atoms with Crippen LogP contribution in [0.1, 0.15) is 28.2 Å². The second kappa shape index (κ2) is 8.74. The van der Waals surface area contributed by atoms with E-state index in [2.05, 4.69) is 31.2 Å². The Labute approximate surface area is 178 Å². The van der Waals surface area contributed by atoms with Gasteiger partial charge in [-0.25, -0.2) is 0 Å². The Kier molecular flexibility index (Phi) is 6.06. The third kappa shape index (κ3) is 3.48. The van der Waals surface area contributed by atoms with Gasteiger partial charge in [-0.2, -0.15) is 0 Å². The van der Waals surface area contributed by atoms with Crippen LogP contribution >= 0.6 is 0 Å². The molecule has 0 N–H and O–H groups in total. The van der Waals surface area contributed by atoms with E-state index >= 15 is 0 Å². The van der Waals surface area contributed by atoms with Crippen LogP contribution in [0.15, 0.2) is 24.3 Å². The van der Waals surface area contributed by atoms with Crippen LogP contribution in [0.2, 0.25) is 0 Å². The zero-order valence-electron chi connectivity index (χ0n) is 18.3. The normalized spacial score (nSPS) is 22.0. The first kappa shape index (κ1) is 20.8. The summed E-state index contributed by atoms with van der Waals surface area (Å²) in [4.78, 5) is 0. The van der Waals surface area contributed by atoms with E-state index in [1.165, 1.54) is 11.1 Å². The average Bonchev–Trinajstić information content (AvgIpc) is 3.21. The van der Waals surface area contributed by atoms with Crippen LogP contribution in [0.5, 0.6) is 23.0 Å². The number of fused-ring (bicyclic) bond motifs is 2. The molecular weight excluding hydrogens is 384 g/mol. The molecule has 6 heteroatoms. The summed E-state index contributed by atoms with van der Waals surface area (Å²) >= 11 is 0. The fourth-order valence-electron chi connectivity index (χ4n) is 4.98. The van der Waals surface area contributed by atoms with Gasteiger partial charge in [-0.1, -0.05) is 12.1 Å². The molecule has 3 unspecified atom stereocenters. The predicted molar refractivity (Wildman–Crippen MR) is 113 cm³/mol. The molecule has 30 heavy (non-hydrogen) atoms. The van der Waals surface area contributed by atoms with Gasteiger partial charge in [-0.15, -0.1) is 0 Å². The second-order valence-electron chi connectivity index (χ2n) is 7.96. The number of hydrogen-bond donors (Lipinski definition) is 0. The number of ether oxygens (including phenoxy) is 6. The van der Waals surface area contributed by atoms with E-state index in [0.29, 0.717) is 24.9 Å². The summed E-state index contributed by atoms with van der Waals surface area (Å²) in [5.41, 5.74) is 4.61. The first-order valence-corrected chi connectivity index (χ1v) is 10.2. The lowest BCUT2D eigenvalue weighted by Gasteiger charge is -2.40. The standard InChI is InChI=1S/C24H30O6/c1-14-6-7-15(9-19(14)27-4)21-18(12-26-3)17(11-25-2)8-16-10-20-23(30-13-29-20)24(28-5)22(16)21/h6-7,9-10,17-18,21H,8,11-13H2,1-5H3. The van der Waals surface area contributed by atoms with Gasteiger partial charge in [0.25, 0.3) is 0 Å². The maximum absolute atomic E-state index is 5.90. The average molecular weight is 414 g/mol. The molecule has 3 atom stereocenters. The molecule has 6 nitrogen and oxygen atoms in total. The second-order valence-corrected chi connectivity index (χ2v) is 7.96. The molecule has 1 aliphatic heterocycles. The van der Waals surface area contributed by atoms with Gasteiger partial charge in [-0.05, 0) is 54.0 Å². The minimum atomic E-state index is 0.0489. The molecule has 1 heterocycles. The van der Waals surface area contributed by atoms with Crippen LogP contribution < -0.4 is 18.9 Å². The van der Waals surface area contributed by atoms with Gasteiger partial charge in [0.1, 0.15) is 5.75 Å². The number of rotatable bonds is 7. The fraction of sp³-hybridized carbons (Fsp3) is 0.500. The Hall–Kier alpha value is -2.44. The highest BCUT2D eigenvalue weighted by Crippen LogP contribution is 2.54. The van der Waals surface area contributed by atoms with Crippen LogP contribution in [-0.2, 0) is 15.9 Å². The van der Waals surface area contributed by atoms with Crippen LogP contribution in [0, 0.1) is 18.8 Å². The lowest BCUT2D eigenvalue weighted by atomic mass is 9.66. The zero-order chi connectivity index (χ0) is 21.3. The molecule has 0 saturated carbocycles. The quantitative estimate of drug-likeness (QED) is 0.684. The van der Waals surface area contributed by atoms with Crippen molar-refractivity contribution in [3.05, 3.63) is 46.5 Å². The van der Waals surface area contributed by atoms with Crippen molar-refractivity contribution >= 4 is 0 Å². The van der Waals surface area contributed by atoms with E-state index < -0.39 is 0 Å². The van der Waals surface area contributed by atoms with E-state index in [4.69, 9.17) is 28.4 Å². The van der Waals surface area contributed by atoms with E-state index in [-0.39, 0.29) is 18.6 Å². The molecule has 0 amide bonds. The number of aryl methyl sites for hydroxylation is 1. The van der Waals surface area contributed by atoms with Gasteiger partial charge in [-0.3, -0.25) is 0 Å². The highest BCUT2D eigenvalue weighted by Gasteiger charge is 2.42. The largest absolute Gasteiger partial charge is 0.496 e. The summed E-state index contributed by atoms with van der Waals surface area (Å²) in [6.45, 7) is 3.53. The molecule has 4 rings (SSSR count). The molecule has 2 aromatic rings. The Morgan fingerprint density at radius 3 is 2.47 bits per heavy atom. The van der Waals surface area contributed by atoms with Gasteiger partial charge in [0.05, 0.1) is 20.8 Å². The van der Waals surface area contributed by atoms with Crippen molar-refractivity contribution < 1.29 is 28.4 Å². The fourth-order valence-corrected chi connectivity index (χ4v) is 4.98. The Morgan fingerprint density at radius 2 is 1.77 bits per heavy atom. The van der Waals surface area contributed by atoms with Crippen LogP contribution in [0.3, 0.4) is 0 Å². The molecule has 2 aromatic carbocycles. The maximum atomic E-state index is 5.90. The van der Waals surface area contributed by atoms with Gasteiger partial charge in [0, 0.05) is 32.3 Å². The van der Waals surface area contributed by atoms with Crippen molar-refractivity contribution in [1.82, 2.24) is 0 Å². The van der Waals surface area contributed by atoms with Crippen LogP contribution in [0.4, 0.5) is 0 Å². The van der Waals surface area contributed by atoms with E-state index in [1.807, 2.05) is 0 Å². The van der Waals surface area contributed by atoms with Crippen LogP contribution in [-0.4, -0.2) is 48.4 Å². The molecule has 162 valence electrons. The zero-order valence-corrected chi connectivity index (χ0v) is 18.3. The third-order valence-corrected chi connectivity index (χ3v) is 6.31. The topological polar surface area (TPSA) is 55.4 Å². The summed E-state index contributed by atoms with van der Waals surface area (Å²) in [6, 6.07) is 8.52. The van der Waals surface area contributed by atoms with E-state index in [0.717, 1.165) is 34.8 Å². The predicted octanol–water partition coefficient (Wildman–Crippen LogP) is 3.95. The van der Waals surface area contributed by atoms with E-state index in [9.17, 15) is 0 Å². The smallest absolute Gasteiger partial charge is 0.231 e. The Morgan fingerprint density at radius 1 is 0.967 bits per heavy atom. The minimum Gasteiger partial charge on any atom is -0.496 e. The Bertz CT molecular complexity index is 909. The summed E-state index contributed by atoms with van der Waals surface area (Å²) in [7, 11) is 6.91. The molecule has 0 aromatic heterocycles. The molecule has 0 fully saturated rings. The first-order chi connectivity index (χ1) is 14.6. The van der Waals surface area contributed by atoms with Crippen molar-refractivity contribution in [1.29, 1.82) is 0 Å². The third-order valence-electron chi connectivity index (χ3n) is 6.31. The number of benzene rings is 2. The molecule has 1 aliphatic carbocycles. The molecule has 0 saturated heterocycles. The first-order valence-electron chi connectivity index (χ1n) is 10.2.